The molecule has 6 aliphatic rings. The average Bonchev–Trinajstić information content (AvgIpc) is 1.74. The standard InChI is InChI=1S/C25H28N8O2.C25H25N7O3S.C25H25N7O2/c26-24-27-14-19(15-28-24)18-2-4-21(5-3-18)25(6-1-7-25)23-30-22(35-31-23)20-16-29-33(17-20)9-8-32-10-12-34-13-11-32;26-24-28-15-19(16-29-24)17-2-5-20(6-3-17)25(8-1-9-25)23-30-22(35-31-23)18-4-7-21(27-14-18)32-10-12-36(33,34)13-11-32;26-24-28-13-18(14-29-24)16-2-5-19(6-3-16)25(9-1-10-25)23-30-22(34-31-23)17-4-7-21(27-12-17)32-11-8-20(33)15-32/h2-5,14-17H,1,6-13H2,(H2,26,27,28);2-7,14-16H,1,8-13H2,(H2,26,28,29);2-7,12-14,20,33H,1,8-11,15H2,(H2,26,28,29)/t;;20-/m..0/s1. The molecule has 536 valence electrons. The summed E-state index contributed by atoms with van der Waals surface area (Å²) in [6.45, 7) is 7.63. The lowest BCUT2D eigenvalue weighted by Gasteiger charge is -2.39. The van der Waals surface area contributed by atoms with Crippen LogP contribution in [0.3, 0.4) is 0 Å². The minimum absolute atomic E-state index is 0.153. The normalized spacial score (nSPS) is 18.5. The molecule has 18 rings (SSSR count). The van der Waals surface area contributed by atoms with Crippen LogP contribution in [0.4, 0.5) is 29.5 Å². The lowest BCUT2D eigenvalue weighted by atomic mass is 9.64. The fraction of sp³-hybridized carbons (Fsp3) is 0.347. The Labute approximate surface area is 604 Å². The van der Waals surface area contributed by atoms with Crippen molar-refractivity contribution in [2.45, 2.75) is 93.1 Å². The van der Waals surface area contributed by atoms with Crippen LogP contribution < -0.4 is 27.0 Å². The van der Waals surface area contributed by atoms with Crippen LogP contribution in [-0.4, -0.2) is 175 Å². The summed E-state index contributed by atoms with van der Waals surface area (Å²) in [6, 6.07) is 32.8. The van der Waals surface area contributed by atoms with Gasteiger partial charge in [0.25, 0.3) is 17.7 Å². The molecule has 12 heterocycles. The number of aromatic nitrogens is 16. The molecule has 0 unspecified atom stereocenters. The number of pyridine rings is 2. The molecule has 0 spiro atoms. The molecule has 3 saturated carbocycles. The topological polar surface area (TPSA) is 389 Å². The number of hydrogen-bond donors (Lipinski definition) is 4. The molecule has 6 fully saturated rings. The van der Waals surface area contributed by atoms with E-state index >= 15 is 0 Å². The number of nitrogens with two attached hydrogens (primary N) is 3. The molecule has 9 aromatic heterocycles. The lowest BCUT2D eigenvalue weighted by Crippen LogP contribution is -2.40. The third-order valence-electron chi connectivity index (χ3n) is 21.3. The zero-order chi connectivity index (χ0) is 71.5. The van der Waals surface area contributed by atoms with Crippen LogP contribution in [0.2, 0.25) is 0 Å². The second-order valence-corrected chi connectivity index (χ2v) is 29.9. The van der Waals surface area contributed by atoms with E-state index in [2.05, 4.69) is 143 Å². The van der Waals surface area contributed by atoms with E-state index in [9.17, 15) is 13.5 Å². The SMILES string of the molecule is Nc1ncc(-c2ccc(C3(c4noc(-c5ccc(N6CCS(=O)(=O)CC6)nc5)n4)CCC3)cc2)cn1.Nc1ncc(-c2ccc(C3(c4noc(-c5ccc(N6CC[C@H](O)C6)nc5)n4)CCC3)cc2)cn1.Nc1ncc(-c2ccc(C3(c4noc(-c5cnn(CCN6CCOCC6)c5)n4)CCC3)cc2)cn1. The van der Waals surface area contributed by atoms with Gasteiger partial charge < -0.3 is 50.4 Å². The smallest absolute Gasteiger partial charge is 0.261 e. The zero-order valence-electron chi connectivity index (χ0n) is 57.7. The molecular formula is C75H78N22O7S. The molecule has 1 atom stereocenters. The van der Waals surface area contributed by atoms with Gasteiger partial charge in [0, 0.05) is 118 Å². The quantitative estimate of drug-likeness (QED) is 0.0661. The number of sulfone groups is 1. The third-order valence-corrected chi connectivity index (χ3v) is 22.9. The van der Waals surface area contributed by atoms with E-state index in [1.807, 2.05) is 40.0 Å². The van der Waals surface area contributed by atoms with Crippen LogP contribution in [-0.2, 0) is 37.4 Å². The van der Waals surface area contributed by atoms with Crippen LogP contribution in [0.1, 0.15) is 98.4 Å². The molecule has 12 aromatic rings. The Morgan fingerprint density at radius 1 is 0.429 bits per heavy atom. The van der Waals surface area contributed by atoms with Gasteiger partial charge in [-0.15, -0.1) is 0 Å². The summed E-state index contributed by atoms with van der Waals surface area (Å²) in [4.78, 5) is 54.4. The second-order valence-electron chi connectivity index (χ2n) is 27.6. The van der Waals surface area contributed by atoms with Crippen molar-refractivity contribution in [3.05, 3.63) is 193 Å². The molecule has 0 amide bonds. The minimum atomic E-state index is -2.94. The van der Waals surface area contributed by atoms with Gasteiger partial charge in [-0.25, -0.2) is 48.3 Å². The number of ether oxygens (including phenoxy) is 1. The fourth-order valence-electron chi connectivity index (χ4n) is 14.5. The summed E-state index contributed by atoms with van der Waals surface area (Å²) in [6.07, 6.45) is 27.3. The number of β-amino-alcohol motifs (C(OH)–C–C–N with tert-alkyl or cyclic N) is 1. The molecule has 3 aromatic carbocycles. The number of anilines is 5. The maximum atomic E-state index is 11.7. The van der Waals surface area contributed by atoms with Crippen molar-refractivity contribution in [3.8, 4) is 67.7 Å². The summed E-state index contributed by atoms with van der Waals surface area (Å²) in [5.74, 6) is 6.23. The molecule has 0 radical (unpaired) electrons. The number of morpholine rings is 1. The lowest BCUT2D eigenvalue weighted by molar-refractivity contribution is 0.0360. The second kappa shape index (κ2) is 29.1. The average molecular weight is 1430 g/mol. The highest BCUT2D eigenvalue weighted by Crippen LogP contribution is 2.51. The number of hydrogen-bond acceptors (Lipinski definition) is 28. The Morgan fingerprint density at radius 2 is 0.810 bits per heavy atom. The van der Waals surface area contributed by atoms with Crippen molar-refractivity contribution in [2.75, 3.05) is 97.5 Å². The summed E-state index contributed by atoms with van der Waals surface area (Å²) in [7, 11) is -2.94. The van der Waals surface area contributed by atoms with Gasteiger partial charge in [0.15, 0.2) is 27.3 Å². The number of nitrogen functional groups attached to an aromatic ring is 3. The Balaban J connectivity index is 0.000000121. The first kappa shape index (κ1) is 68.1. The maximum Gasteiger partial charge on any atom is 0.261 e. The largest absolute Gasteiger partial charge is 0.391 e. The van der Waals surface area contributed by atoms with Crippen molar-refractivity contribution >= 4 is 39.3 Å². The summed E-state index contributed by atoms with van der Waals surface area (Å²) >= 11 is 0. The van der Waals surface area contributed by atoms with Crippen LogP contribution in [0.25, 0.3) is 67.7 Å². The van der Waals surface area contributed by atoms with Gasteiger partial charge >= 0.3 is 0 Å². The Kier molecular flexibility index (Phi) is 18.9. The molecule has 105 heavy (non-hydrogen) atoms. The highest BCUT2D eigenvalue weighted by atomic mass is 32.2. The highest BCUT2D eigenvalue weighted by molar-refractivity contribution is 7.91. The third kappa shape index (κ3) is 14.3. The molecule has 0 bridgehead atoms. The van der Waals surface area contributed by atoms with Gasteiger partial charge in [-0.2, -0.15) is 20.1 Å². The van der Waals surface area contributed by atoms with Gasteiger partial charge in [-0.3, -0.25) is 9.58 Å². The first-order valence-corrected chi connectivity index (χ1v) is 37.3. The molecule has 3 aliphatic carbocycles. The highest BCUT2D eigenvalue weighted by Gasteiger charge is 2.47. The van der Waals surface area contributed by atoms with Crippen molar-refractivity contribution in [2.24, 2.45) is 0 Å². The zero-order valence-corrected chi connectivity index (χ0v) is 58.5. The van der Waals surface area contributed by atoms with Crippen molar-refractivity contribution in [3.63, 3.8) is 0 Å². The monoisotopic (exact) mass is 1430 g/mol. The van der Waals surface area contributed by atoms with Crippen molar-refractivity contribution in [1.29, 1.82) is 0 Å². The molecule has 3 saturated heterocycles. The van der Waals surface area contributed by atoms with Crippen molar-refractivity contribution < 1.29 is 31.8 Å². The van der Waals surface area contributed by atoms with Crippen molar-refractivity contribution in [1.82, 2.24) is 85.0 Å². The first-order valence-electron chi connectivity index (χ1n) is 35.4. The summed E-state index contributed by atoms with van der Waals surface area (Å²) < 4.78 is 47.7. The number of aliphatic hydroxyl groups is 1. The van der Waals surface area contributed by atoms with Crippen LogP contribution >= 0.6 is 0 Å². The fourth-order valence-corrected chi connectivity index (χ4v) is 15.7. The molecular weight excluding hydrogens is 1350 g/mol. The van der Waals surface area contributed by atoms with E-state index in [4.69, 9.17) is 50.5 Å². The molecule has 7 N–H and O–H groups in total. The van der Waals surface area contributed by atoms with Gasteiger partial charge in [0.1, 0.15) is 11.6 Å². The molecule has 29 nitrogen and oxygen atoms in total. The Hall–Kier alpha value is -11.3. The predicted octanol–water partition coefficient (Wildman–Crippen LogP) is 8.86. The Bertz CT molecular complexity index is 5030. The van der Waals surface area contributed by atoms with E-state index < -0.39 is 9.84 Å². The van der Waals surface area contributed by atoms with E-state index in [1.165, 1.54) is 11.1 Å². The van der Waals surface area contributed by atoms with Gasteiger partial charge in [-0.1, -0.05) is 108 Å². The van der Waals surface area contributed by atoms with Gasteiger partial charge in [-0.05, 0) is 103 Å². The minimum Gasteiger partial charge on any atom is -0.391 e. The van der Waals surface area contributed by atoms with Crippen LogP contribution in [0.5, 0.6) is 0 Å². The summed E-state index contributed by atoms with van der Waals surface area (Å²) in [5.41, 5.74) is 27.8. The van der Waals surface area contributed by atoms with E-state index in [0.717, 1.165) is 183 Å². The Morgan fingerprint density at radius 3 is 1.17 bits per heavy atom. The predicted molar refractivity (Wildman–Crippen MR) is 391 cm³/mol. The molecule has 30 heteroatoms. The number of rotatable bonds is 17. The van der Waals surface area contributed by atoms with Gasteiger partial charge in [0.05, 0.1) is 76.5 Å². The van der Waals surface area contributed by atoms with E-state index in [0.29, 0.717) is 49.0 Å². The summed E-state index contributed by atoms with van der Waals surface area (Å²) in [5, 5.41) is 27.4. The number of nitrogens with zero attached hydrogens (tertiary/aromatic N) is 19. The van der Waals surface area contributed by atoms with E-state index in [1.54, 1.807) is 55.8 Å². The maximum absolute atomic E-state index is 11.7. The number of benzene rings is 3. The van der Waals surface area contributed by atoms with Crippen LogP contribution in [0, 0.1) is 0 Å². The van der Waals surface area contributed by atoms with Gasteiger partial charge in [0.2, 0.25) is 17.8 Å². The van der Waals surface area contributed by atoms with E-state index in [-0.39, 0.29) is 51.7 Å². The van der Waals surface area contributed by atoms with Crippen LogP contribution in [0.15, 0.2) is 173 Å². The number of aliphatic hydroxyl groups excluding tert-OH is 1. The first-order chi connectivity index (χ1) is 51.2. The molecule has 3 aliphatic heterocycles.